The van der Waals surface area contributed by atoms with E-state index < -0.39 is 5.60 Å². The number of ether oxygens (including phenoxy) is 1. The van der Waals surface area contributed by atoms with Crippen molar-refractivity contribution in [1.82, 2.24) is 0 Å². The first kappa shape index (κ1) is 15.3. The first-order chi connectivity index (χ1) is 9.92. The third kappa shape index (κ3) is 3.70. The summed E-state index contributed by atoms with van der Waals surface area (Å²) in [5.41, 5.74) is 8.68. The number of hydrogen-bond donors (Lipinski definition) is 1. The fraction of sp³-hybridized carbons (Fsp3) is 0.278. The molecule has 0 spiro atoms. The Labute approximate surface area is 125 Å². The minimum Gasteiger partial charge on any atom is -0.456 e. The molecule has 3 nitrogen and oxygen atoms in total. The van der Waals surface area contributed by atoms with Crippen molar-refractivity contribution >= 4 is 5.97 Å². The topological polar surface area (TPSA) is 52.3 Å². The van der Waals surface area contributed by atoms with Crippen molar-refractivity contribution in [2.24, 2.45) is 5.73 Å². The van der Waals surface area contributed by atoms with Gasteiger partial charge < -0.3 is 10.5 Å². The highest BCUT2D eigenvalue weighted by Crippen LogP contribution is 2.28. The Morgan fingerprint density at radius 3 is 2.19 bits per heavy atom. The molecule has 2 aromatic carbocycles. The number of carbonyl (C=O) groups is 1. The van der Waals surface area contributed by atoms with Gasteiger partial charge in [0.1, 0.15) is 5.60 Å². The van der Waals surface area contributed by atoms with Crippen LogP contribution < -0.4 is 5.73 Å². The first-order valence-electron chi connectivity index (χ1n) is 7.03. The van der Waals surface area contributed by atoms with Gasteiger partial charge in [0.15, 0.2) is 0 Å². The maximum Gasteiger partial charge on any atom is 0.339 e. The Balaban J connectivity index is 2.49. The number of nitrogens with two attached hydrogens (primary N) is 1. The molecule has 0 atom stereocenters. The monoisotopic (exact) mass is 283 g/mol. The fourth-order valence-corrected chi connectivity index (χ4v) is 2.19. The smallest absolute Gasteiger partial charge is 0.339 e. The van der Waals surface area contributed by atoms with E-state index in [4.69, 9.17) is 10.5 Å². The Morgan fingerprint density at radius 2 is 1.57 bits per heavy atom. The number of benzene rings is 2. The van der Waals surface area contributed by atoms with Crippen LogP contribution in [0.3, 0.4) is 0 Å². The van der Waals surface area contributed by atoms with E-state index in [0.29, 0.717) is 12.1 Å². The lowest BCUT2D eigenvalue weighted by molar-refractivity contribution is 0.00705. The highest BCUT2D eigenvalue weighted by Gasteiger charge is 2.21. The molecule has 0 aliphatic heterocycles. The average Bonchev–Trinajstić information content (AvgIpc) is 2.45. The summed E-state index contributed by atoms with van der Waals surface area (Å²) in [4.78, 5) is 12.4. The molecule has 0 heterocycles. The van der Waals surface area contributed by atoms with E-state index >= 15 is 0 Å². The molecule has 0 unspecified atom stereocenters. The molecule has 0 bridgehead atoms. The molecule has 0 saturated heterocycles. The van der Waals surface area contributed by atoms with Gasteiger partial charge in [-0.1, -0.05) is 42.5 Å². The summed E-state index contributed by atoms with van der Waals surface area (Å²) < 4.78 is 5.49. The van der Waals surface area contributed by atoms with Crippen molar-refractivity contribution in [3.05, 3.63) is 59.7 Å². The molecule has 0 aliphatic carbocycles. The second-order valence-corrected chi connectivity index (χ2v) is 5.91. The van der Waals surface area contributed by atoms with E-state index in [0.717, 1.165) is 16.7 Å². The van der Waals surface area contributed by atoms with Gasteiger partial charge >= 0.3 is 5.97 Å². The fourth-order valence-electron chi connectivity index (χ4n) is 2.19. The van der Waals surface area contributed by atoms with Gasteiger partial charge in [0, 0.05) is 6.54 Å². The van der Waals surface area contributed by atoms with E-state index in [2.05, 4.69) is 0 Å². The van der Waals surface area contributed by atoms with Gasteiger partial charge in [-0.3, -0.25) is 0 Å². The van der Waals surface area contributed by atoms with Crippen LogP contribution in [0.1, 0.15) is 36.7 Å². The Kier molecular flexibility index (Phi) is 4.43. The minimum atomic E-state index is -0.516. The lowest BCUT2D eigenvalue weighted by atomic mass is 9.95. The predicted molar refractivity (Wildman–Crippen MR) is 84.9 cm³/mol. The van der Waals surface area contributed by atoms with Crippen LogP contribution in [0.4, 0.5) is 0 Å². The van der Waals surface area contributed by atoms with E-state index in [1.165, 1.54) is 0 Å². The molecule has 0 amide bonds. The molecule has 21 heavy (non-hydrogen) atoms. The van der Waals surface area contributed by atoms with E-state index in [9.17, 15) is 4.79 Å². The summed E-state index contributed by atoms with van der Waals surface area (Å²) in [7, 11) is 0. The van der Waals surface area contributed by atoms with Crippen LogP contribution in [-0.4, -0.2) is 11.6 Å². The molecule has 2 aromatic rings. The molecule has 2 rings (SSSR count). The molecule has 3 heteroatoms. The van der Waals surface area contributed by atoms with E-state index in [-0.39, 0.29) is 5.97 Å². The Hall–Kier alpha value is -2.13. The molecule has 0 aliphatic rings. The van der Waals surface area contributed by atoms with E-state index in [1.807, 2.05) is 63.2 Å². The zero-order valence-electron chi connectivity index (χ0n) is 12.7. The SMILES string of the molecule is CC(C)(C)OC(=O)c1ccccc1-c1ccccc1CN. The molecule has 110 valence electrons. The number of hydrogen-bond acceptors (Lipinski definition) is 3. The first-order valence-corrected chi connectivity index (χ1v) is 7.03. The molecular formula is C18H21NO2. The molecule has 0 radical (unpaired) electrons. The zero-order chi connectivity index (χ0) is 15.5. The highest BCUT2D eigenvalue weighted by molar-refractivity contribution is 5.97. The number of esters is 1. The van der Waals surface area contributed by atoms with Crippen LogP contribution in [0.15, 0.2) is 48.5 Å². The van der Waals surface area contributed by atoms with Gasteiger partial charge in [-0.15, -0.1) is 0 Å². The van der Waals surface area contributed by atoms with Crippen molar-refractivity contribution in [2.45, 2.75) is 32.9 Å². The summed E-state index contributed by atoms with van der Waals surface area (Å²) in [6.45, 7) is 6.02. The van der Waals surface area contributed by atoms with Crippen LogP contribution in [0, 0.1) is 0 Å². The van der Waals surface area contributed by atoms with Crippen LogP contribution >= 0.6 is 0 Å². The largest absolute Gasteiger partial charge is 0.456 e. The van der Waals surface area contributed by atoms with Crippen LogP contribution in [0.5, 0.6) is 0 Å². The molecule has 0 saturated carbocycles. The summed E-state index contributed by atoms with van der Waals surface area (Å²) >= 11 is 0. The lowest BCUT2D eigenvalue weighted by Crippen LogP contribution is -2.24. The molecular weight excluding hydrogens is 262 g/mol. The van der Waals surface area contributed by atoms with Crippen molar-refractivity contribution in [1.29, 1.82) is 0 Å². The van der Waals surface area contributed by atoms with Crippen molar-refractivity contribution in [3.63, 3.8) is 0 Å². The highest BCUT2D eigenvalue weighted by atomic mass is 16.6. The average molecular weight is 283 g/mol. The van der Waals surface area contributed by atoms with Crippen LogP contribution in [-0.2, 0) is 11.3 Å². The Morgan fingerprint density at radius 1 is 1.00 bits per heavy atom. The summed E-state index contributed by atoms with van der Waals surface area (Å²) in [5.74, 6) is -0.315. The van der Waals surface area contributed by atoms with E-state index in [1.54, 1.807) is 6.07 Å². The molecule has 2 N–H and O–H groups in total. The standard InChI is InChI=1S/C18H21NO2/c1-18(2,3)21-17(20)16-11-7-6-10-15(16)14-9-5-4-8-13(14)12-19/h4-11H,12,19H2,1-3H3. The third-order valence-electron chi connectivity index (χ3n) is 3.07. The summed E-state index contributed by atoms with van der Waals surface area (Å²) in [6.07, 6.45) is 0. The number of carbonyl (C=O) groups excluding carboxylic acids is 1. The van der Waals surface area contributed by atoms with Gasteiger partial charge in [-0.25, -0.2) is 4.79 Å². The maximum absolute atomic E-state index is 12.4. The van der Waals surface area contributed by atoms with Gasteiger partial charge in [-0.05, 0) is 43.5 Å². The lowest BCUT2D eigenvalue weighted by Gasteiger charge is -2.21. The summed E-state index contributed by atoms with van der Waals surface area (Å²) in [5, 5.41) is 0. The molecule has 0 aromatic heterocycles. The van der Waals surface area contributed by atoms with Gasteiger partial charge in [0.25, 0.3) is 0 Å². The van der Waals surface area contributed by atoms with Crippen molar-refractivity contribution in [3.8, 4) is 11.1 Å². The van der Waals surface area contributed by atoms with Crippen LogP contribution in [0.2, 0.25) is 0 Å². The normalized spacial score (nSPS) is 11.2. The third-order valence-corrected chi connectivity index (χ3v) is 3.07. The van der Waals surface area contributed by atoms with Gasteiger partial charge in [-0.2, -0.15) is 0 Å². The number of rotatable bonds is 3. The van der Waals surface area contributed by atoms with Gasteiger partial charge in [0.2, 0.25) is 0 Å². The van der Waals surface area contributed by atoms with Gasteiger partial charge in [0.05, 0.1) is 5.56 Å². The zero-order valence-corrected chi connectivity index (χ0v) is 12.7. The second kappa shape index (κ2) is 6.10. The quantitative estimate of drug-likeness (QED) is 0.872. The maximum atomic E-state index is 12.4. The van der Waals surface area contributed by atoms with Crippen LogP contribution in [0.25, 0.3) is 11.1 Å². The molecule has 0 fully saturated rings. The minimum absolute atomic E-state index is 0.315. The van der Waals surface area contributed by atoms with Crippen molar-refractivity contribution in [2.75, 3.05) is 0 Å². The second-order valence-electron chi connectivity index (χ2n) is 5.91. The van der Waals surface area contributed by atoms with Crippen molar-refractivity contribution < 1.29 is 9.53 Å². The Bertz CT molecular complexity index is 642. The summed E-state index contributed by atoms with van der Waals surface area (Å²) in [6, 6.07) is 15.3. The predicted octanol–water partition coefficient (Wildman–Crippen LogP) is 3.77.